The lowest BCUT2D eigenvalue weighted by Gasteiger charge is -2.22. The van der Waals surface area contributed by atoms with Crippen LogP contribution in [0, 0.1) is 0 Å². The van der Waals surface area contributed by atoms with E-state index in [0.717, 1.165) is 42.6 Å². The maximum absolute atomic E-state index is 10.8. The summed E-state index contributed by atoms with van der Waals surface area (Å²) in [5, 5.41) is 6.66. The Hall–Kier alpha value is -2.08. The van der Waals surface area contributed by atoms with E-state index in [1.807, 2.05) is 18.2 Å². The van der Waals surface area contributed by atoms with Crippen molar-refractivity contribution in [3.8, 4) is 0 Å². The predicted octanol–water partition coefficient (Wildman–Crippen LogP) is 2.05. The highest BCUT2D eigenvalue weighted by atomic mass is 16.5. The number of rotatable bonds is 4. The van der Waals surface area contributed by atoms with Gasteiger partial charge in [-0.2, -0.15) is 4.98 Å². The largest absolute Gasteiger partial charge is 0.461 e. The lowest BCUT2D eigenvalue weighted by atomic mass is 10.1. The Bertz CT molecular complexity index is 632. The molecule has 1 aromatic heterocycles. The van der Waals surface area contributed by atoms with Gasteiger partial charge in [0.2, 0.25) is 0 Å². The second-order valence-electron chi connectivity index (χ2n) is 5.27. The van der Waals surface area contributed by atoms with E-state index in [9.17, 15) is 4.79 Å². The summed E-state index contributed by atoms with van der Waals surface area (Å²) in [6.07, 6.45) is 2.13. The van der Waals surface area contributed by atoms with Crippen LogP contribution < -0.4 is 10.6 Å². The Kier molecular flexibility index (Phi) is 4.06. The summed E-state index contributed by atoms with van der Waals surface area (Å²) in [5.41, 5.74) is 2.41. The van der Waals surface area contributed by atoms with Crippen molar-refractivity contribution >= 4 is 23.1 Å². The van der Waals surface area contributed by atoms with Crippen LogP contribution in [0.5, 0.6) is 0 Å². The van der Waals surface area contributed by atoms with E-state index in [2.05, 4.69) is 15.6 Å². The van der Waals surface area contributed by atoms with Crippen LogP contribution in [-0.4, -0.2) is 30.1 Å². The first kappa shape index (κ1) is 13.9. The minimum Gasteiger partial charge on any atom is -0.461 e. The summed E-state index contributed by atoms with van der Waals surface area (Å²) >= 11 is 0. The lowest BCUT2D eigenvalue weighted by molar-refractivity contribution is -0.142. The number of aromatic nitrogens is 1. The van der Waals surface area contributed by atoms with E-state index in [4.69, 9.17) is 9.15 Å². The van der Waals surface area contributed by atoms with Gasteiger partial charge in [-0.1, -0.05) is 6.07 Å². The second-order valence-corrected chi connectivity index (χ2v) is 5.27. The quantitative estimate of drug-likeness (QED) is 0.839. The third-order valence-corrected chi connectivity index (χ3v) is 3.56. The Morgan fingerprint density at radius 1 is 1.48 bits per heavy atom. The first-order chi connectivity index (χ1) is 10.2. The number of piperidine rings is 1. The average Bonchev–Trinajstić information content (AvgIpc) is 2.87. The van der Waals surface area contributed by atoms with Crippen LogP contribution in [-0.2, 0) is 16.1 Å². The number of nitrogens with zero attached hydrogens (tertiary/aromatic N) is 1. The van der Waals surface area contributed by atoms with E-state index in [-0.39, 0.29) is 12.6 Å². The van der Waals surface area contributed by atoms with Gasteiger partial charge in [0, 0.05) is 13.0 Å². The molecule has 2 heterocycles. The molecule has 2 N–H and O–H groups in total. The van der Waals surface area contributed by atoms with Gasteiger partial charge < -0.3 is 19.8 Å². The predicted molar refractivity (Wildman–Crippen MR) is 79.0 cm³/mol. The molecule has 1 saturated heterocycles. The number of nitrogens with one attached hydrogen (secondary N) is 2. The Morgan fingerprint density at radius 3 is 3.05 bits per heavy atom. The van der Waals surface area contributed by atoms with Gasteiger partial charge in [-0.25, -0.2) is 0 Å². The lowest BCUT2D eigenvalue weighted by Crippen LogP contribution is -2.35. The highest BCUT2D eigenvalue weighted by Gasteiger charge is 2.15. The number of hydrogen-bond donors (Lipinski definition) is 2. The summed E-state index contributed by atoms with van der Waals surface area (Å²) in [6.45, 7) is 3.69. The third-order valence-electron chi connectivity index (χ3n) is 3.56. The highest BCUT2D eigenvalue weighted by Crippen LogP contribution is 2.22. The standard InChI is InChI=1S/C15H19N3O3/c1-10(19)20-9-11-2-3-14-13(8-11)18-15(21-14)17-12-4-6-16-7-5-12/h2-3,8,12,16H,4-7,9H2,1H3,(H,17,18). The first-order valence-electron chi connectivity index (χ1n) is 7.21. The number of fused-ring (bicyclic) bond motifs is 1. The van der Waals surface area contributed by atoms with E-state index >= 15 is 0 Å². The number of carbonyl (C=O) groups is 1. The molecule has 6 heteroatoms. The molecule has 21 heavy (non-hydrogen) atoms. The number of ether oxygens (including phenoxy) is 1. The van der Waals surface area contributed by atoms with Crippen LogP contribution in [0.25, 0.3) is 11.1 Å². The fourth-order valence-electron chi connectivity index (χ4n) is 2.45. The SMILES string of the molecule is CC(=O)OCc1ccc2oc(NC3CCNCC3)nc2c1. The van der Waals surface area contributed by atoms with E-state index in [1.165, 1.54) is 6.92 Å². The van der Waals surface area contributed by atoms with Gasteiger partial charge in [0.05, 0.1) is 0 Å². The van der Waals surface area contributed by atoms with Crippen molar-refractivity contribution in [3.63, 3.8) is 0 Å². The molecule has 1 aliphatic rings. The van der Waals surface area contributed by atoms with Crippen LogP contribution in [0.3, 0.4) is 0 Å². The first-order valence-corrected chi connectivity index (χ1v) is 7.21. The number of hydrogen-bond acceptors (Lipinski definition) is 6. The molecule has 1 aliphatic heterocycles. The molecular weight excluding hydrogens is 270 g/mol. The van der Waals surface area contributed by atoms with Crippen LogP contribution >= 0.6 is 0 Å². The number of anilines is 1. The normalized spacial score (nSPS) is 16.0. The van der Waals surface area contributed by atoms with Crippen molar-refractivity contribution < 1.29 is 13.9 Å². The summed E-state index contributed by atoms with van der Waals surface area (Å²) in [6, 6.07) is 6.58. The monoisotopic (exact) mass is 289 g/mol. The maximum Gasteiger partial charge on any atom is 0.302 e. The molecule has 0 aliphatic carbocycles. The van der Waals surface area contributed by atoms with Gasteiger partial charge in [0.1, 0.15) is 12.1 Å². The Balaban J connectivity index is 1.71. The molecule has 0 amide bonds. The maximum atomic E-state index is 10.8. The molecule has 0 spiro atoms. The molecule has 0 bridgehead atoms. The van der Waals surface area contributed by atoms with E-state index < -0.39 is 0 Å². The van der Waals surface area contributed by atoms with Gasteiger partial charge >= 0.3 is 5.97 Å². The Morgan fingerprint density at radius 2 is 2.29 bits per heavy atom. The smallest absolute Gasteiger partial charge is 0.302 e. The molecule has 0 radical (unpaired) electrons. The topological polar surface area (TPSA) is 76.4 Å². The molecular formula is C15H19N3O3. The minimum atomic E-state index is -0.288. The minimum absolute atomic E-state index is 0.259. The molecule has 0 unspecified atom stereocenters. The molecule has 1 fully saturated rings. The number of benzene rings is 1. The summed E-state index contributed by atoms with van der Waals surface area (Å²) < 4.78 is 10.7. The number of oxazole rings is 1. The van der Waals surface area contributed by atoms with E-state index in [0.29, 0.717) is 12.1 Å². The summed E-state index contributed by atoms with van der Waals surface area (Å²) in [5.74, 6) is -0.288. The third kappa shape index (κ3) is 3.52. The van der Waals surface area contributed by atoms with Crippen molar-refractivity contribution in [2.75, 3.05) is 18.4 Å². The van der Waals surface area contributed by atoms with Crippen molar-refractivity contribution in [1.29, 1.82) is 0 Å². The van der Waals surface area contributed by atoms with Crippen LogP contribution in [0.15, 0.2) is 22.6 Å². The van der Waals surface area contributed by atoms with Crippen LogP contribution in [0.1, 0.15) is 25.3 Å². The fourth-order valence-corrected chi connectivity index (χ4v) is 2.45. The van der Waals surface area contributed by atoms with Gasteiger partial charge in [-0.15, -0.1) is 0 Å². The highest BCUT2D eigenvalue weighted by molar-refractivity contribution is 5.75. The number of esters is 1. The molecule has 112 valence electrons. The molecule has 1 aromatic carbocycles. The van der Waals surface area contributed by atoms with Crippen molar-refractivity contribution in [2.45, 2.75) is 32.4 Å². The zero-order valence-corrected chi connectivity index (χ0v) is 12.0. The Labute approximate surface area is 122 Å². The van der Waals surface area contributed by atoms with Crippen LogP contribution in [0.4, 0.5) is 6.01 Å². The molecule has 6 nitrogen and oxygen atoms in total. The molecule has 2 aromatic rings. The number of carbonyl (C=O) groups excluding carboxylic acids is 1. The second kappa shape index (κ2) is 6.13. The van der Waals surface area contributed by atoms with E-state index in [1.54, 1.807) is 0 Å². The molecule has 3 rings (SSSR count). The van der Waals surface area contributed by atoms with Gasteiger partial charge in [-0.05, 0) is 43.6 Å². The average molecular weight is 289 g/mol. The van der Waals surface area contributed by atoms with Gasteiger partial charge in [0.15, 0.2) is 5.58 Å². The van der Waals surface area contributed by atoms with Gasteiger partial charge in [0.25, 0.3) is 6.01 Å². The van der Waals surface area contributed by atoms with Crippen molar-refractivity contribution in [1.82, 2.24) is 10.3 Å². The molecule has 0 saturated carbocycles. The van der Waals surface area contributed by atoms with Crippen molar-refractivity contribution in [2.24, 2.45) is 0 Å². The van der Waals surface area contributed by atoms with Gasteiger partial charge in [-0.3, -0.25) is 4.79 Å². The van der Waals surface area contributed by atoms with Crippen LogP contribution in [0.2, 0.25) is 0 Å². The zero-order chi connectivity index (χ0) is 14.7. The molecule has 0 atom stereocenters. The fraction of sp³-hybridized carbons (Fsp3) is 0.467. The van der Waals surface area contributed by atoms with Crippen molar-refractivity contribution in [3.05, 3.63) is 23.8 Å². The summed E-state index contributed by atoms with van der Waals surface area (Å²) in [7, 11) is 0. The summed E-state index contributed by atoms with van der Waals surface area (Å²) in [4.78, 5) is 15.3. The zero-order valence-electron chi connectivity index (χ0n) is 12.0.